The molecule has 1 aromatic carbocycles. The number of hydrogen-bond acceptors (Lipinski definition) is 4. The van der Waals surface area contributed by atoms with E-state index in [0.717, 1.165) is 30.0 Å². The first-order valence-corrected chi connectivity index (χ1v) is 10.8. The summed E-state index contributed by atoms with van der Waals surface area (Å²) < 4.78 is 0. The molecule has 7 heteroatoms. The summed E-state index contributed by atoms with van der Waals surface area (Å²) in [5.41, 5.74) is 2.16. The molecule has 3 aliphatic rings. The molecular formula is C22H30N4O3. The number of amides is 4. The van der Waals surface area contributed by atoms with Crippen LogP contribution in [0.3, 0.4) is 0 Å². The van der Waals surface area contributed by atoms with Crippen molar-refractivity contribution in [2.45, 2.75) is 63.5 Å². The van der Waals surface area contributed by atoms with E-state index >= 15 is 0 Å². The summed E-state index contributed by atoms with van der Waals surface area (Å²) in [6.07, 6.45) is 7.62. The van der Waals surface area contributed by atoms with E-state index in [-0.39, 0.29) is 12.5 Å². The Bertz CT molecular complexity index is 782. The molecule has 0 unspecified atom stereocenters. The number of piperidine rings is 1. The number of nitrogens with zero attached hydrogens (tertiary/aromatic N) is 2. The molecule has 7 nitrogen and oxygen atoms in total. The zero-order chi connectivity index (χ0) is 20.4. The molecule has 2 saturated heterocycles. The lowest BCUT2D eigenvalue weighted by Gasteiger charge is -2.43. The summed E-state index contributed by atoms with van der Waals surface area (Å²) in [6, 6.07) is 9.06. The van der Waals surface area contributed by atoms with Crippen LogP contribution in [0.5, 0.6) is 0 Å². The summed E-state index contributed by atoms with van der Waals surface area (Å²) in [6.45, 7) is 2.98. The third-order valence-corrected chi connectivity index (χ3v) is 6.83. The van der Waals surface area contributed by atoms with E-state index in [4.69, 9.17) is 0 Å². The Kier molecular flexibility index (Phi) is 5.58. The van der Waals surface area contributed by atoms with Crippen LogP contribution in [0.25, 0.3) is 0 Å². The van der Waals surface area contributed by atoms with Gasteiger partial charge in [0.1, 0.15) is 5.54 Å². The highest BCUT2D eigenvalue weighted by molar-refractivity contribution is 6.08. The van der Waals surface area contributed by atoms with Crippen LogP contribution < -0.4 is 10.7 Å². The number of hydrogen-bond donors (Lipinski definition) is 2. The van der Waals surface area contributed by atoms with Crippen molar-refractivity contribution in [1.29, 1.82) is 0 Å². The highest BCUT2D eigenvalue weighted by Crippen LogP contribution is 2.35. The molecule has 3 atom stereocenters. The van der Waals surface area contributed by atoms with Crippen molar-refractivity contribution in [1.82, 2.24) is 20.7 Å². The molecule has 2 aliphatic heterocycles. The van der Waals surface area contributed by atoms with E-state index in [2.05, 4.69) is 15.6 Å². The van der Waals surface area contributed by atoms with E-state index in [0.29, 0.717) is 18.4 Å². The second kappa shape index (κ2) is 8.14. The van der Waals surface area contributed by atoms with Crippen molar-refractivity contribution >= 4 is 17.8 Å². The third kappa shape index (κ3) is 3.64. The molecule has 0 spiro atoms. The first kappa shape index (κ1) is 19.9. The average molecular weight is 399 g/mol. The van der Waals surface area contributed by atoms with Crippen molar-refractivity contribution in [3.8, 4) is 0 Å². The van der Waals surface area contributed by atoms with Crippen LogP contribution in [0.4, 0.5) is 4.79 Å². The summed E-state index contributed by atoms with van der Waals surface area (Å²) in [5, 5.41) is 3.66. The summed E-state index contributed by atoms with van der Waals surface area (Å²) >= 11 is 0. The SMILES string of the molecule is CC[C@]1(c2ccccc2)NC(=O)N(NC(=O)CN2CCC[C@H]3CCCC[C@@H]32)C1=O. The van der Waals surface area contributed by atoms with Gasteiger partial charge < -0.3 is 5.32 Å². The van der Waals surface area contributed by atoms with Gasteiger partial charge in [-0.05, 0) is 50.1 Å². The van der Waals surface area contributed by atoms with Crippen LogP contribution in [0.1, 0.15) is 57.4 Å². The quantitative estimate of drug-likeness (QED) is 0.747. The molecule has 1 aromatic rings. The molecule has 1 saturated carbocycles. The molecule has 2 heterocycles. The summed E-state index contributed by atoms with van der Waals surface area (Å²) in [4.78, 5) is 40.7. The molecule has 3 fully saturated rings. The summed E-state index contributed by atoms with van der Waals surface area (Å²) in [7, 11) is 0. The number of benzene rings is 1. The van der Waals surface area contributed by atoms with E-state index < -0.39 is 17.5 Å². The number of nitrogens with one attached hydrogen (secondary N) is 2. The standard InChI is InChI=1S/C22H30N4O3/c1-2-22(17-11-4-3-5-12-17)20(28)26(21(29)23-22)24-19(27)15-25-14-8-10-16-9-6-7-13-18(16)25/h3-5,11-12,16,18H,2,6-10,13-15H2,1H3,(H,23,29)(H,24,27)/t16-,18+,22-/m1/s1. The predicted octanol–water partition coefficient (Wildman–Crippen LogP) is 2.53. The molecule has 0 aromatic heterocycles. The lowest BCUT2D eigenvalue weighted by atomic mass is 9.78. The molecular weight excluding hydrogens is 368 g/mol. The van der Waals surface area contributed by atoms with Gasteiger partial charge in [0.2, 0.25) is 0 Å². The second-order valence-corrected chi connectivity index (χ2v) is 8.46. The van der Waals surface area contributed by atoms with Gasteiger partial charge in [0, 0.05) is 6.04 Å². The van der Waals surface area contributed by atoms with Crippen LogP contribution >= 0.6 is 0 Å². The molecule has 0 radical (unpaired) electrons. The van der Waals surface area contributed by atoms with Gasteiger partial charge in [0.25, 0.3) is 11.8 Å². The van der Waals surface area contributed by atoms with Crippen molar-refractivity contribution in [2.24, 2.45) is 5.92 Å². The Hall–Kier alpha value is -2.41. The average Bonchev–Trinajstić information content (AvgIpc) is 3.00. The van der Waals surface area contributed by atoms with Crippen molar-refractivity contribution in [3.63, 3.8) is 0 Å². The van der Waals surface area contributed by atoms with Crippen LogP contribution in [-0.2, 0) is 15.1 Å². The Morgan fingerprint density at radius 1 is 1.14 bits per heavy atom. The van der Waals surface area contributed by atoms with Gasteiger partial charge in [-0.15, -0.1) is 0 Å². The molecule has 1 aliphatic carbocycles. The molecule has 29 heavy (non-hydrogen) atoms. The van der Waals surface area contributed by atoms with Crippen molar-refractivity contribution in [3.05, 3.63) is 35.9 Å². The lowest BCUT2D eigenvalue weighted by molar-refractivity contribution is -0.140. The topological polar surface area (TPSA) is 81.8 Å². The monoisotopic (exact) mass is 398 g/mol. The van der Waals surface area contributed by atoms with Gasteiger partial charge in [0.05, 0.1) is 6.54 Å². The minimum atomic E-state index is -1.13. The van der Waals surface area contributed by atoms with Crippen LogP contribution in [0, 0.1) is 5.92 Å². The normalized spacial score (nSPS) is 30.0. The van der Waals surface area contributed by atoms with Gasteiger partial charge in [0.15, 0.2) is 0 Å². The summed E-state index contributed by atoms with van der Waals surface area (Å²) in [5.74, 6) is -0.0636. The van der Waals surface area contributed by atoms with Crippen LogP contribution in [0.2, 0.25) is 0 Å². The Labute approximate surface area is 171 Å². The number of carbonyl (C=O) groups is 3. The van der Waals surface area contributed by atoms with Gasteiger partial charge in [-0.3, -0.25) is 19.9 Å². The fourth-order valence-electron chi connectivity index (χ4n) is 5.31. The molecule has 4 amide bonds. The number of hydrazine groups is 1. The largest absolute Gasteiger partial charge is 0.344 e. The number of likely N-dealkylation sites (tertiary alicyclic amines) is 1. The zero-order valence-corrected chi connectivity index (χ0v) is 17.0. The smallest absolute Gasteiger partial charge is 0.318 e. The van der Waals surface area contributed by atoms with Crippen LogP contribution in [-0.4, -0.2) is 46.9 Å². The number of carbonyl (C=O) groups excluding carboxylic acids is 3. The van der Waals surface area contributed by atoms with Gasteiger partial charge >= 0.3 is 6.03 Å². The molecule has 4 rings (SSSR count). The second-order valence-electron chi connectivity index (χ2n) is 8.46. The highest BCUT2D eigenvalue weighted by atomic mass is 16.2. The Balaban J connectivity index is 1.44. The maximum Gasteiger partial charge on any atom is 0.344 e. The molecule has 156 valence electrons. The van der Waals surface area contributed by atoms with E-state index in [1.54, 1.807) is 0 Å². The number of rotatable bonds is 5. The highest BCUT2D eigenvalue weighted by Gasteiger charge is 2.52. The first-order valence-electron chi connectivity index (χ1n) is 10.8. The minimum Gasteiger partial charge on any atom is -0.318 e. The van der Waals surface area contributed by atoms with Gasteiger partial charge in [-0.2, -0.15) is 5.01 Å². The van der Waals surface area contributed by atoms with E-state index in [1.165, 1.54) is 25.7 Å². The van der Waals surface area contributed by atoms with Gasteiger partial charge in [-0.25, -0.2) is 4.79 Å². The zero-order valence-electron chi connectivity index (χ0n) is 17.0. The van der Waals surface area contributed by atoms with Crippen molar-refractivity contribution in [2.75, 3.05) is 13.1 Å². The number of imide groups is 1. The Morgan fingerprint density at radius 2 is 1.86 bits per heavy atom. The number of urea groups is 1. The van der Waals surface area contributed by atoms with E-state index in [9.17, 15) is 14.4 Å². The maximum absolute atomic E-state index is 13.1. The van der Waals surface area contributed by atoms with Crippen molar-refractivity contribution < 1.29 is 14.4 Å². The fourth-order valence-corrected chi connectivity index (χ4v) is 5.31. The minimum absolute atomic E-state index is 0.225. The van der Waals surface area contributed by atoms with Crippen LogP contribution in [0.15, 0.2) is 30.3 Å². The number of fused-ring (bicyclic) bond motifs is 1. The lowest BCUT2D eigenvalue weighted by Crippen LogP contribution is -2.54. The van der Waals surface area contributed by atoms with E-state index in [1.807, 2.05) is 37.3 Å². The Morgan fingerprint density at radius 3 is 2.62 bits per heavy atom. The first-order chi connectivity index (χ1) is 14.0. The molecule has 2 N–H and O–H groups in total. The fraction of sp³-hybridized carbons (Fsp3) is 0.591. The molecule has 0 bridgehead atoms. The maximum atomic E-state index is 13.1. The van der Waals surface area contributed by atoms with Gasteiger partial charge in [-0.1, -0.05) is 50.1 Å². The predicted molar refractivity (Wildman–Crippen MR) is 108 cm³/mol. The third-order valence-electron chi connectivity index (χ3n) is 6.83.